The molecule has 54 valence electrons. The lowest BCUT2D eigenvalue weighted by Gasteiger charge is -1.96. The number of hydrogen-bond acceptors (Lipinski definition) is 2. The van der Waals surface area contributed by atoms with Crippen LogP contribution in [0.1, 0.15) is 19.8 Å². The lowest BCUT2D eigenvalue weighted by molar-refractivity contribution is 0.0912. The first-order valence-corrected chi connectivity index (χ1v) is 3.28. The van der Waals surface area contributed by atoms with Crippen molar-refractivity contribution in [3.8, 4) is 0 Å². The molecule has 0 aromatic carbocycles. The second kappa shape index (κ2) is 7.66. The van der Waals surface area contributed by atoms with Gasteiger partial charge in [0.25, 0.3) is 0 Å². The summed E-state index contributed by atoms with van der Waals surface area (Å²) in [5.74, 6) is 0. The van der Waals surface area contributed by atoms with Crippen LogP contribution in [0.5, 0.6) is 0 Å². The third-order valence-electron chi connectivity index (χ3n) is 1.03. The lowest BCUT2D eigenvalue weighted by atomic mass is 10.3. The van der Waals surface area contributed by atoms with Crippen LogP contribution in [0.3, 0.4) is 0 Å². The molecule has 1 N–H and O–H groups in total. The molecule has 0 saturated carbocycles. The zero-order chi connectivity index (χ0) is 6.95. The van der Waals surface area contributed by atoms with Gasteiger partial charge in [-0.25, -0.2) is 5.48 Å². The number of allylic oxidation sites excluding steroid dienone is 2. The molecule has 0 heterocycles. The van der Waals surface area contributed by atoms with Crippen LogP contribution in [0.2, 0.25) is 0 Å². The van der Waals surface area contributed by atoms with Crippen molar-refractivity contribution in [3.63, 3.8) is 0 Å². The second-order valence-electron chi connectivity index (χ2n) is 1.81. The summed E-state index contributed by atoms with van der Waals surface area (Å²) in [6.45, 7) is 2.96. The maximum absolute atomic E-state index is 4.65. The highest BCUT2D eigenvalue weighted by molar-refractivity contribution is 4.76. The first-order chi connectivity index (χ1) is 4.41. The Kier molecular flexibility index (Phi) is 7.37. The van der Waals surface area contributed by atoms with Crippen molar-refractivity contribution in [2.24, 2.45) is 0 Å². The second-order valence-corrected chi connectivity index (χ2v) is 1.81. The summed E-state index contributed by atoms with van der Waals surface area (Å²) >= 11 is 0. The van der Waals surface area contributed by atoms with Gasteiger partial charge >= 0.3 is 0 Å². The van der Waals surface area contributed by atoms with E-state index in [-0.39, 0.29) is 0 Å². The quantitative estimate of drug-likeness (QED) is 0.345. The monoisotopic (exact) mass is 129 g/mol. The fraction of sp³-hybridized carbons (Fsp3) is 0.714. The average Bonchev–Trinajstić information content (AvgIpc) is 1.89. The fourth-order valence-corrected chi connectivity index (χ4v) is 0.561. The van der Waals surface area contributed by atoms with E-state index in [1.807, 2.05) is 6.92 Å². The molecular weight excluding hydrogens is 114 g/mol. The van der Waals surface area contributed by atoms with E-state index in [0.29, 0.717) is 0 Å². The molecule has 2 heteroatoms. The van der Waals surface area contributed by atoms with Crippen LogP contribution in [0.4, 0.5) is 0 Å². The summed E-state index contributed by atoms with van der Waals surface area (Å²) in [4.78, 5) is 4.65. The molecule has 0 aromatic heterocycles. The predicted octanol–water partition coefficient (Wildman–Crippen LogP) is 1.49. The van der Waals surface area contributed by atoms with E-state index in [2.05, 4.69) is 22.5 Å². The number of rotatable bonds is 5. The van der Waals surface area contributed by atoms with Crippen LogP contribution in [0.15, 0.2) is 12.2 Å². The largest absolute Gasteiger partial charge is 0.305 e. The maximum atomic E-state index is 4.65. The van der Waals surface area contributed by atoms with Crippen LogP contribution in [0, 0.1) is 0 Å². The SMILES string of the molecule is C/C=C/CCCNOC. The molecule has 0 aliphatic heterocycles. The van der Waals surface area contributed by atoms with Gasteiger partial charge in [-0.1, -0.05) is 12.2 Å². The Morgan fingerprint density at radius 1 is 1.56 bits per heavy atom. The number of hydroxylamine groups is 1. The minimum Gasteiger partial charge on any atom is -0.305 e. The first-order valence-electron chi connectivity index (χ1n) is 3.28. The van der Waals surface area contributed by atoms with Crippen LogP contribution < -0.4 is 5.48 Å². The van der Waals surface area contributed by atoms with E-state index in [1.54, 1.807) is 7.11 Å². The van der Waals surface area contributed by atoms with Gasteiger partial charge in [0.05, 0.1) is 7.11 Å². The van der Waals surface area contributed by atoms with E-state index in [4.69, 9.17) is 0 Å². The van der Waals surface area contributed by atoms with Crippen LogP contribution in [0.25, 0.3) is 0 Å². The summed E-state index contributed by atoms with van der Waals surface area (Å²) in [6, 6.07) is 0. The van der Waals surface area contributed by atoms with Crippen molar-refractivity contribution >= 4 is 0 Å². The third-order valence-corrected chi connectivity index (χ3v) is 1.03. The Bertz CT molecular complexity index is 71.3. The van der Waals surface area contributed by atoms with Crippen molar-refractivity contribution in [3.05, 3.63) is 12.2 Å². The minimum absolute atomic E-state index is 0.931. The first kappa shape index (κ1) is 8.66. The molecule has 0 rings (SSSR count). The molecular formula is C7H15NO. The third kappa shape index (κ3) is 7.66. The Hall–Kier alpha value is -0.340. The molecule has 0 spiro atoms. The molecule has 2 nitrogen and oxygen atoms in total. The molecule has 0 saturated heterocycles. The summed E-state index contributed by atoms with van der Waals surface area (Å²) in [6.07, 6.45) is 6.48. The maximum Gasteiger partial charge on any atom is 0.0572 e. The highest BCUT2D eigenvalue weighted by Crippen LogP contribution is 1.87. The van der Waals surface area contributed by atoms with Gasteiger partial charge in [0, 0.05) is 6.54 Å². The molecule has 0 radical (unpaired) electrons. The topological polar surface area (TPSA) is 21.3 Å². The van der Waals surface area contributed by atoms with Crippen molar-refractivity contribution < 1.29 is 4.84 Å². The summed E-state index contributed by atoms with van der Waals surface area (Å²) in [5.41, 5.74) is 2.77. The van der Waals surface area contributed by atoms with Crippen molar-refractivity contribution in [1.29, 1.82) is 0 Å². The van der Waals surface area contributed by atoms with Crippen molar-refractivity contribution in [1.82, 2.24) is 5.48 Å². The van der Waals surface area contributed by atoms with Crippen LogP contribution in [-0.4, -0.2) is 13.7 Å². The zero-order valence-electron chi connectivity index (χ0n) is 6.18. The molecule has 0 aliphatic carbocycles. The number of hydrogen-bond donors (Lipinski definition) is 1. The van der Waals surface area contributed by atoms with Gasteiger partial charge in [-0.15, -0.1) is 0 Å². The van der Waals surface area contributed by atoms with Crippen molar-refractivity contribution in [2.45, 2.75) is 19.8 Å². The molecule has 0 atom stereocenters. The molecule has 0 unspecified atom stereocenters. The standard InChI is InChI=1S/C7H15NO/c1-3-4-5-6-7-8-9-2/h3-4,8H,5-7H2,1-2H3/b4-3+. The van der Waals surface area contributed by atoms with Gasteiger partial charge in [-0.05, 0) is 19.8 Å². The Morgan fingerprint density at radius 3 is 2.89 bits per heavy atom. The smallest absolute Gasteiger partial charge is 0.0572 e. The van der Waals surface area contributed by atoms with E-state index >= 15 is 0 Å². The molecule has 0 amide bonds. The number of unbranched alkanes of at least 4 members (excludes halogenated alkanes) is 1. The molecule has 0 fully saturated rings. The Labute approximate surface area is 56.9 Å². The molecule has 0 bridgehead atoms. The van der Waals surface area contributed by atoms with Gasteiger partial charge in [0.2, 0.25) is 0 Å². The molecule has 9 heavy (non-hydrogen) atoms. The summed E-state index contributed by atoms with van der Waals surface area (Å²) in [7, 11) is 1.63. The fourth-order valence-electron chi connectivity index (χ4n) is 0.561. The summed E-state index contributed by atoms with van der Waals surface area (Å²) < 4.78 is 0. The van der Waals surface area contributed by atoms with Crippen molar-refractivity contribution in [2.75, 3.05) is 13.7 Å². The lowest BCUT2D eigenvalue weighted by Crippen LogP contribution is -2.12. The van der Waals surface area contributed by atoms with E-state index < -0.39 is 0 Å². The van der Waals surface area contributed by atoms with Gasteiger partial charge in [-0.3, -0.25) is 0 Å². The molecule has 0 aliphatic rings. The Balaban J connectivity index is 2.75. The highest BCUT2D eigenvalue weighted by atomic mass is 16.6. The number of nitrogens with one attached hydrogen (secondary N) is 1. The van der Waals surface area contributed by atoms with Crippen LogP contribution >= 0.6 is 0 Å². The van der Waals surface area contributed by atoms with Gasteiger partial charge in [0.15, 0.2) is 0 Å². The average molecular weight is 129 g/mol. The minimum atomic E-state index is 0.931. The predicted molar refractivity (Wildman–Crippen MR) is 39.1 cm³/mol. The van der Waals surface area contributed by atoms with Gasteiger partial charge < -0.3 is 4.84 Å². The zero-order valence-corrected chi connectivity index (χ0v) is 6.18. The summed E-state index contributed by atoms with van der Waals surface area (Å²) in [5, 5.41) is 0. The van der Waals surface area contributed by atoms with E-state index in [1.165, 1.54) is 0 Å². The van der Waals surface area contributed by atoms with Gasteiger partial charge in [0.1, 0.15) is 0 Å². The highest BCUT2D eigenvalue weighted by Gasteiger charge is 1.80. The normalized spacial score (nSPS) is 10.9. The van der Waals surface area contributed by atoms with E-state index in [0.717, 1.165) is 19.4 Å². The molecule has 0 aromatic rings. The Morgan fingerprint density at radius 2 is 2.33 bits per heavy atom. The van der Waals surface area contributed by atoms with E-state index in [9.17, 15) is 0 Å². The van der Waals surface area contributed by atoms with Crippen LogP contribution in [-0.2, 0) is 4.84 Å². The van der Waals surface area contributed by atoms with Gasteiger partial charge in [-0.2, -0.15) is 0 Å².